The van der Waals surface area contributed by atoms with Gasteiger partial charge in [-0.3, -0.25) is 4.79 Å². The molecule has 0 amide bonds. The zero-order valence-electron chi connectivity index (χ0n) is 6.50. The second-order valence-electron chi connectivity index (χ2n) is 2.56. The first kappa shape index (κ1) is 8.05. The van der Waals surface area contributed by atoms with Gasteiger partial charge in [0.05, 0.1) is 12.2 Å². The SMILES string of the molecule is C[CH]CC1=CC=C(O)CC1=O. The van der Waals surface area contributed by atoms with Gasteiger partial charge in [0, 0.05) is 0 Å². The predicted octanol–water partition coefficient (Wildman–Crippen LogP) is 1.94. The highest BCUT2D eigenvalue weighted by molar-refractivity contribution is 5.98. The number of aliphatic hydroxyl groups is 1. The number of allylic oxidation sites excluding steroid dienone is 4. The molecular formula is C9H11O2. The summed E-state index contributed by atoms with van der Waals surface area (Å²) in [6, 6.07) is 0. The van der Waals surface area contributed by atoms with Gasteiger partial charge < -0.3 is 5.11 Å². The number of aliphatic hydroxyl groups excluding tert-OH is 1. The third kappa shape index (κ3) is 1.93. The van der Waals surface area contributed by atoms with Crippen LogP contribution >= 0.6 is 0 Å². The Balaban J connectivity index is 2.70. The summed E-state index contributed by atoms with van der Waals surface area (Å²) in [6.45, 7) is 1.91. The van der Waals surface area contributed by atoms with Gasteiger partial charge in [0.2, 0.25) is 0 Å². The molecule has 0 bridgehead atoms. The standard InChI is InChI=1S/C9H11O2/c1-2-3-7-4-5-8(10)6-9(7)11/h2,4-5,10H,3,6H2,1H3. The van der Waals surface area contributed by atoms with Crippen LogP contribution in [-0.4, -0.2) is 10.9 Å². The Morgan fingerprint density at radius 1 is 1.64 bits per heavy atom. The van der Waals surface area contributed by atoms with E-state index in [1.54, 1.807) is 12.2 Å². The van der Waals surface area contributed by atoms with Crippen molar-refractivity contribution in [3.63, 3.8) is 0 Å². The lowest BCUT2D eigenvalue weighted by Crippen LogP contribution is -2.07. The predicted molar refractivity (Wildman–Crippen MR) is 43.0 cm³/mol. The van der Waals surface area contributed by atoms with E-state index >= 15 is 0 Å². The lowest BCUT2D eigenvalue weighted by molar-refractivity contribution is -0.115. The number of Topliss-reactive ketones (excluding diaryl/α,β-unsaturated/α-hetero) is 1. The molecule has 11 heavy (non-hydrogen) atoms. The molecule has 0 aliphatic heterocycles. The molecule has 1 radical (unpaired) electrons. The molecule has 0 aromatic heterocycles. The molecule has 0 unspecified atom stereocenters. The molecule has 59 valence electrons. The van der Waals surface area contributed by atoms with Gasteiger partial charge in [-0.15, -0.1) is 0 Å². The molecular weight excluding hydrogens is 140 g/mol. The topological polar surface area (TPSA) is 37.3 Å². The van der Waals surface area contributed by atoms with Crippen LogP contribution in [0, 0.1) is 6.42 Å². The first-order valence-electron chi connectivity index (χ1n) is 3.63. The maximum atomic E-state index is 11.1. The normalized spacial score (nSPS) is 17.7. The summed E-state index contributed by atoms with van der Waals surface area (Å²) in [4.78, 5) is 11.1. The molecule has 0 aromatic carbocycles. The third-order valence-electron chi connectivity index (χ3n) is 1.60. The minimum absolute atomic E-state index is 0.0306. The van der Waals surface area contributed by atoms with Gasteiger partial charge in [-0.05, 0) is 24.5 Å². The van der Waals surface area contributed by atoms with Gasteiger partial charge in [0.15, 0.2) is 5.78 Å². The molecule has 1 aliphatic rings. The first-order valence-corrected chi connectivity index (χ1v) is 3.63. The van der Waals surface area contributed by atoms with Crippen molar-refractivity contribution in [2.75, 3.05) is 0 Å². The van der Waals surface area contributed by atoms with Crippen molar-refractivity contribution in [1.29, 1.82) is 0 Å². The van der Waals surface area contributed by atoms with Crippen molar-refractivity contribution in [2.45, 2.75) is 19.8 Å². The Morgan fingerprint density at radius 2 is 2.36 bits per heavy atom. The van der Waals surface area contributed by atoms with Crippen LogP contribution in [0.25, 0.3) is 0 Å². The fourth-order valence-corrected chi connectivity index (χ4v) is 1.03. The van der Waals surface area contributed by atoms with Crippen LogP contribution in [-0.2, 0) is 4.79 Å². The summed E-state index contributed by atoms with van der Waals surface area (Å²) < 4.78 is 0. The molecule has 1 rings (SSSR count). The van der Waals surface area contributed by atoms with Gasteiger partial charge in [-0.2, -0.15) is 0 Å². The summed E-state index contributed by atoms with van der Waals surface area (Å²) >= 11 is 0. The Morgan fingerprint density at radius 3 is 2.91 bits per heavy atom. The van der Waals surface area contributed by atoms with Crippen LogP contribution in [0.2, 0.25) is 0 Å². The lowest BCUT2D eigenvalue weighted by atomic mass is 9.98. The van der Waals surface area contributed by atoms with E-state index in [0.29, 0.717) is 6.42 Å². The molecule has 0 atom stereocenters. The van der Waals surface area contributed by atoms with Crippen LogP contribution in [0.1, 0.15) is 19.8 Å². The molecule has 0 fully saturated rings. The van der Waals surface area contributed by atoms with Crippen LogP contribution in [0.5, 0.6) is 0 Å². The van der Waals surface area contributed by atoms with E-state index < -0.39 is 0 Å². The van der Waals surface area contributed by atoms with E-state index in [1.807, 2.05) is 13.3 Å². The molecule has 2 heteroatoms. The Hall–Kier alpha value is -1.05. The zero-order valence-corrected chi connectivity index (χ0v) is 6.50. The van der Waals surface area contributed by atoms with Crippen molar-refractivity contribution < 1.29 is 9.90 Å². The molecule has 2 nitrogen and oxygen atoms in total. The number of hydrogen-bond donors (Lipinski definition) is 1. The van der Waals surface area contributed by atoms with Crippen molar-refractivity contribution in [3.8, 4) is 0 Å². The van der Waals surface area contributed by atoms with Gasteiger partial charge in [0.1, 0.15) is 0 Å². The van der Waals surface area contributed by atoms with Gasteiger partial charge in [-0.1, -0.05) is 13.0 Å². The lowest BCUT2D eigenvalue weighted by Gasteiger charge is -2.07. The Kier molecular flexibility index (Phi) is 2.47. The van der Waals surface area contributed by atoms with Gasteiger partial charge >= 0.3 is 0 Å². The van der Waals surface area contributed by atoms with E-state index in [4.69, 9.17) is 5.11 Å². The maximum absolute atomic E-state index is 11.1. The number of hydrogen-bond acceptors (Lipinski definition) is 2. The van der Waals surface area contributed by atoms with Crippen molar-refractivity contribution in [2.24, 2.45) is 0 Å². The minimum atomic E-state index is 0.0306. The highest BCUT2D eigenvalue weighted by Gasteiger charge is 2.13. The fourth-order valence-electron chi connectivity index (χ4n) is 1.03. The molecule has 0 saturated heterocycles. The average molecular weight is 151 g/mol. The second kappa shape index (κ2) is 3.37. The van der Waals surface area contributed by atoms with Crippen LogP contribution in [0.4, 0.5) is 0 Å². The summed E-state index contributed by atoms with van der Waals surface area (Å²) in [6.07, 6.45) is 6.06. The molecule has 0 spiro atoms. The van der Waals surface area contributed by atoms with E-state index in [2.05, 4.69) is 0 Å². The summed E-state index contributed by atoms with van der Waals surface area (Å²) in [5.74, 6) is 0.193. The summed E-state index contributed by atoms with van der Waals surface area (Å²) in [5.41, 5.74) is 0.783. The second-order valence-corrected chi connectivity index (χ2v) is 2.56. The largest absolute Gasteiger partial charge is 0.512 e. The number of carbonyl (C=O) groups is 1. The zero-order chi connectivity index (χ0) is 8.27. The van der Waals surface area contributed by atoms with Crippen molar-refractivity contribution in [1.82, 2.24) is 0 Å². The molecule has 0 saturated carbocycles. The highest BCUT2D eigenvalue weighted by atomic mass is 16.3. The van der Waals surface area contributed by atoms with Crippen LogP contribution < -0.4 is 0 Å². The quantitative estimate of drug-likeness (QED) is 0.654. The Labute approximate surface area is 66.2 Å². The molecule has 0 aromatic rings. The fraction of sp³-hybridized carbons (Fsp3) is 0.333. The smallest absolute Gasteiger partial charge is 0.166 e. The van der Waals surface area contributed by atoms with Crippen LogP contribution in [0.15, 0.2) is 23.5 Å². The number of rotatable bonds is 2. The first-order chi connectivity index (χ1) is 5.24. The van der Waals surface area contributed by atoms with Crippen molar-refractivity contribution in [3.05, 3.63) is 29.9 Å². The summed E-state index contributed by atoms with van der Waals surface area (Å²) in [5, 5.41) is 8.95. The van der Waals surface area contributed by atoms with Crippen LogP contribution in [0.3, 0.4) is 0 Å². The Bertz CT molecular complexity index is 224. The van der Waals surface area contributed by atoms with E-state index in [-0.39, 0.29) is 18.0 Å². The van der Waals surface area contributed by atoms with Crippen molar-refractivity contribution >= 4 is 5.78 Å². The molecule has 1 N–H and O–H groups in total. The average Bonchev–Trinajstić information content (AvgIpc) is 1.95. The van der Waals surface area contributed by atoms with E-state index in [0.717, 1.165) is 5.57 Å². The van der Waals surface area contributed by atoms with Gasteiger partial charge in [-0.25, -0.2) is 0 Å². The third-order valence-corrected chi connectivity index (χ3v) is 1.60. The van der Waals surface area contributed by atoms with E-state index in [1.165, 1.54) is 0 Å². The number of carbonyl (C=O) groups excluding carboxylic acids is 1. The van der Waals surface area contributed by atoms with E-state index in [9.17, 15) is 4.79 Å². The number of ketones is 1. The highest BCUT2D eigenvalue weighted by Crippen LogP contribution is 2.16. The van der Waals surface area contributed by atoms with Gasteiger partial charge in [0.25, 0.3) is 0 Å². The molecule has 1 aliphatic carbocycles. The molecule has 0 heterocycles. The monoisotopic (exact) mass is 151 g/mol. The maximum Gasteiger partial charge on any atom is 0.166 e. The minimum Gasteiger partial charge on any atom is -0.512 e. The summed E-state index contributed by atoms with van der Waals surface area (Å²) in [7, 11) is 0.